The number of carbonyl (C=O) groups is 1. The molecule has 1 unspecified atom stereocenters. The molecule has 6 heteroatoms. The highest BCUT2D eigenvalue weighted by Crippen LogP contribution is 2.31. The van der Waals surface area contributed by atoms with Crippen LogP contribution in [0.2, 0.25) is 0 Å². The first kappa shape index (κ1) is 20.3. The molecule has 0 bridgehead atoms. The molecule has 0 radical (unpaired) electrons. The largest absolute Gasteiger partial charge is 0.489 e. The summed E-state index contributed by atoms with van der Waals surface area (Å²) in [5.41, 5.74) is 3.12. The van der Waals surface area contributed by atoms with Crippen molar-refractivity contribution in [3.05, 3.63) is 65.9 Å². The molecule has 1 aliphatic rings. The third-order valence-corrected chi connectivity index (χ3v) is 5.74. The highest BCUT2D eigenvalue weighted by Gasteiger charge is 2.24. The monoisotopic (exact) mass is 587 g/mol. The van der Waals surface area contributed by atoms with E-state index in [4.69, 9.17) is 9.47 Å². The lowest BCUT2D eigenvalue weighted by Crippen LogP contribution is -2.11. The molecule has 27 heavy (non-hydrogen) atoms. The van der Waals surface area contributed by atoms with Crippen LogP contribution < -0.4 is 4.74 Å². The number of benzene rings is 2. The molecule has 0 fully saturated rings. The Hall–Kier alpha value is -1.42. The number of esters is 1. The third-order valence-electron chi connectivity index (χ3n) is 4.14. The Bertz CT molecular complexity index is 910. The van der Waals surface area contributed by atoms with Crippen molar-refractivity contribution in [3.8, 4) is 5.75 Å². The van der Waals surface area contributed by atoms with Crippen molar-refractivity contribution in [1.82, 2.24) is 0 Å². The molecule has 0 saturated carbocycles. The van der Waals surface area contributed by atoms with E-state index in [1.807, 2.05) is 43.3 Å². The summed E-state index contributed by atoms with van der Waals surface area (Å²) in [6.07, 6.45) is 2.85. The molecule has 1 atom stereocenters. The molecule has 1 aliphatic heterocycles. The lowest BCUT2D eigenvalue weighted by Gasteiger charge is -2.16. The number of halogens is 2. The molecule has 2 aromatic rings. The molecule has 0 spiro atoms. The van der Waals surface area contributed by atoms with Gasteiger partial charge in [-0.3, -0.25) is 0 Å². The van der Waals surface area contributed by atoms with Crippen molar-refractivity contribution in [2.75, 3.05) is 0 Å². The number of aryl methyl sites for hydroxylation is 1. The van der Waals surface area contributed by atoms with Gasteiger partial charge in [-0.05, 0) is 101 Å². The zero-order valence-corrected chi connectivity index (χ0v) is 19.6. The Kier molecular flexibility index (Phi) is 6.56. The summed E-state index contributed by atoms with van der Waals surface area (Å²) in [5, 5.41) is 0. The van der Waals surface area contributed by atoms with Crippen LogP contribution in [-0.2, 0) is 9.53 Å². The SMILES string of the molecule is CCC(C)Oc1c(I)cc(/C=C2\N=C(c3ccc(C)cc3)OC2=O)cc1I. The average molecular weight is 587 g/mol. The minimum atomic E-state index is -0.435. The van der Waals surface area contributed by atoms with Gasteiger partial charge in [-0.1, -0.05) is 24.6 Å². The maximum absolute atomic E-state index is 12.2. The maximum atomic E-state index is 12.2. The van der Waals surface area contributed by atoms with Gasteiger partial charge in [-0.15, -0.1) is 0 Å². The fraction of sp³-hybridized carbons (Fsp3) is 0.238. The minimum absolute atomic E-state index is 0.155. The topological polar surface area (TPSA) is 47.9 Å². The average Bonchev–Trinajstić information content (AvgIpc) is 2.99. The van der Waals surface area contributed by atoms with Gasteiger partial charge >= 0.3 is 5.97 Å². The first-order valence-electron chi connectivity index (χ1n) is 8.62. The minimum Gasteiger partial charge on any atom is -0.489 e. The van der Waals surface area contributed by atoms with Crippen LogP contribution in [-0.4, -0.2) is 18.0 Å². The van der Waals surface area contributed by atoms with Gasteiger partial charge in [0.2, 0.25) is 5.90 Å². The lowest BCUT2D eigenvalue weighted by atomic mass is 10.1. The summed E-state index contributed by atoms with van der Waals surface area (Å²) in [6, 6.07) is 11.7. The van der Waals surface area contributed by atoms with Gasteiger partial charge in [0.25, 0.3) is 0 Å². The maximum Gasteiger partial charge on any atom is 0.363 e. The second kappa shape index (κ2) is 8.72. The number of hydrogen-bond donors (Lipinski definition) is 0. The van der Waals surface area contributed by atoms with E-state index in [9.17, 15) is 4.79 Å². The molecule has 0 amide bonds. The van der Waals surface area contributed by atoms with Crippen molar-refractivity contribution < 1.29 is 14.3 Å². The molecule has 0 aromatic heterocycles. The zero-order valence-electron chi connectivity index (χ0n) is 15.3. The van der Waals surface area contributed by atoms with E-state index in [0.717, 1.165) is 36.0 Å². The third kappa shape index (κ3) is 4.90. The van der Waals surface area contributed by atoms with Crippen LogP contribution in [0.1, 0.15) is 37.0 Å². The van der Waals surface area contributed by atoms with Crippen LogP contribution in [0.4, 0.5) is 0 Å². The summed E-state index contributed by atoms with van der Waals surface area (Å²) < 4.78 is 13.3. The Labute approximate surface area is 186 Å². The fourth-order valence-electron chi connectivity index (χ4n) is 2.45. The van der Waals surface area contributed by atoms with E-state index in [1.165, 1.54) is 0 Å². The number of hydrogen-bond acceptors (Lipinski definition) is 4. The standard InChI is InChI=1S/C21H19I2NO3/c1-4-13(3)26-19-16(22)9-14(10-17(19)23)11-18-21(25)27-20(24-18)15-7-5-12(2)6-8-15/h5-11,13H,4H2,1-3H3/b18-11-. The van der Waals surface area contributed by atoms with Crippen LogP contribution in [0.3, 0.4) is 0 Å². The van der Waals surface area contributed by atoms with Gasteiger partial charge < -0.3 is 9.47 Å². The van der Waals surface area contributed by atoms with E-state index in [1.54, 1.807) is 6.08 Å². The van der Waals surface area contributed by atoms with Gasteiger partial charge in [-0.2, -0.15) is 0 Å². The van der Waals surface area contributed by atoms with Gasteiger partial charge in [0.05, 0.1) is 13.2 Å². The molecule has 0 aliphatic carbocycles. The predicted molar refractivity (Wildman–Crippen MR) is 124 cm³/mol. The first-order chi connectivity index (χ1) is 12.9. The smallest absolute Gasteiger partial charge is 0.363 e. The Balaban J connectivity index is 1.89. The molecule has 3 rings (SSSR count). The van der Waals surface area contributed by atoms with E-state index >= 15 is 0 Å². The molecule has 1 heterocycles. The van der Waals surface area contributed by atoms with Crippen LogP contribution >= 0.6 is 45.2 Å². The van der Waals surface area contributed by atoms with E-state index in [-0.39, 0.29) is 6.10 Å². The second-order valence-electron chi connectivity index (χ2n) is 6.35. The van der Waals surface area contributed by atoms with Crippen LogP contribution in [0.5, 0.6) is 5.75 Å². The number of cyclic esters (lactones) is 1. The van der Waals surface area contributed by atoms with Crippen molar-refractivity contribution in [1.29, 1.82) is 0 Å². The Morgan fingerprint density at radius 2 is 1.81 bits per heavy atom. The highest BCUT2D eigenvalue weighted by atomic mass is 127. The Morgan fingerprint density at radius 1 is 1.19 bits per heavy atom. The molecular weight excluding hydrogens is 568 g/mol. The van der Waals surface area contributed by atoms with Crippen LogP contribution in [0, 0.1) is 14.1 Å². The van der Waals surface area contributed by atoms with Gasteiger partial charge in [-0.25, -0.2) is 9.79 Å². The molecule has 4 nitrogen and oxygen atoms in total. The van der Waals surface area contributed by atoms with Crippen molar-refractivity contribution in [2.24, 2.45) is 4.99 Å². The van der Waals surface area contributed by atoms with E-state index in [2.05, 4.69) is 64.0 Å². The quantitative estimate of drug-likeness (QED) is 0.256. The van der Waals surface area contributed by atoms with Crippen LogP contribution in [0.15, 0.2) is 47.1 Å². The van der Waals surface area contributed by atoms with Gasteiger partial charge in [0.15, 0.2) is 5.70 Å². The summed E-state index contributed by atoms with van der Waals surface area (Å²) in [6.45, 7) is 6.16. The van der Waals surface area contributed by atoms with Crippen molar-refractivity contribution in [2.45, 2.75) is 33.3 Å². The fourth-order valence-corrected chi connectivity index (χ4v) is 4.52. The Morgan fingerprint density at radius 3 is 2.41 bits per heavy atom. The highest BCUT2D eigenvalue weighted by molar-refractivity contribution is 14.1. The molecule has 2 aromatic carbocycles. The van der Waals surface area contributed by atoms with Crippen molar-refractivity contribution >= 4 is 63.1 Å². The summed E-state index contributed by atoms with van der Waals surface area (Å²) in [4.78, 5) is 16.6. The predicted octanol–water partition coefficient (Wildman–Crippen LogP) is 5.73. The number of carbonyl (C=O) groups excluding carboxylic acids is 1. The number of ether oxygens (including phenoxy) is 2. The van der Waals surface area contributed by atoms with Crippen molar-refractivity contribution in [3.63, 3.8) is 0 Å². The molecule has 0 N–H and O–H groups in total. The van der Waals surface area contributed by atoms with Crippen LogP contribution in [0.25, 0.3) is 6.08 Å². The van der Waals surface area contributed by atoms with E-state index in [0.29, 0.717) is 11.6 Å². The number of rotatable bonds is 5. The lowest BCUT2D eigenvalue weighted by molar-refractivity contribution is -0.129. The summed E-state index contributed by atoms with van der Waals surface area (Å²) in [5.74, 6) is 0.786. The summed E-state index contributed by atoms with van der Waals surface area (Å²) in [7, 11) is 0. The van der Waals surface area contributed by atoms with E-state index < -0.39 is 5.97 Å². The second-order valence-corrected chi connectivity index (χ2v) is 8.68. The van der Waals surface area contributed by atoms with Gasteiger partial charge in [0.1, 0.15) is 5.75 Å². The number of nitrogens with zero attached hydrogens (tertiary/aromatic N) is 1. The zero-order chi connectivity index (χ0) is 19.6. The first-order valence-corrected chi connectivity index (χ1v) is 10.8. The molecule has 140 valence electrons. The molecule has 0 saturated heterocycles. The number of aliphatic imine (C=N–C) groups is 1. The van der Waals surface area contributed by atoms with Gasteiger partial charge in [0, 0.05) is 5.56 Å². The summed E-state index contributed by atoms with van der Waals surface area (Å²) >= 11 is 4.52. The normalized spacial score (nSPS) is 16.3. The molecular formula is C21H19I2NO3.